The van der Waals surface area contributed by atoms with Crippen molar-refractivity contribution >= 4 is 35.0 Å². The van der Waals surface area contributed by atoms with Crippen LogP contribution in [0.5, 0.6) is 11.5 Å². The van der Waals surface area contributed by atoms with E-state index < -0.39 is 0 Å². The normalized spacial score (nSPS) is 14.1. The molecule has 4 rings (SSSR count). The smallest absolute Gasteiger partial charge is 0.248 e. The van der Waals surface area contributed by atoms with Crippen molar-refractivity contribution in [2.75, 3.05) is 50.1 Å². The minimum absolute atomic E-state index is 0.191. The van der Waals surface area contributed by atoms with Gasteiger partial charge in [0.05, 0.1) is 13.7 Å². The highest BCUT2D eigenvalue weighted by atomic mass is 35.5. The topological polar surface area (TPSA) is 54.0 Å². The Morgan fingerprint density at radius 2 is 1.75 bits per heavy atom. The number of rotatable bonds is 9. The highest BCUT2D eigenvalue weighted by Crippen LogP contribution is 2.28. The number of carbonyl (C=O) groups excluding carboxylic acids is 1. The molecular formula is C29H32ClN3O3. The second-order valence-corrected chi connectivity index (χ2v) is 8.97. The Bertz CT molecular complexity index is 1190. The lowest BCUT2D eigenvalue weighted by molar-refractivity contribution is -0.111. The van der Waals surface area contributed by atoms with Gasteiger partial charge in [0.25, 0.3) is 0 Å². The van der Waals surface area contributed by atoms with Gasteiger partial charge in [0.1, 0.15) is 0 Å². The average molecular weight is 506 g/mol. The van der Waals surface area contributed by atoms with E-state index in [2.05, 4.69) is 33.3 Å². The fourth-order valence-electron chi connectivity index (χ4n) is 4.21. The first-order valence-electron chi connectivity index (χ1n) is 12.2. The standard InChI is InChI=1S/C29H32ClN3O3/c1-3-36-27-14-8-22(20-28(27)35-2)9-15-29(34)31-24-10-12-25(13-11-24)33-18-16-32(17-19-33)21-23-6-4-5-7-26(23)30/h4-15,20H,3,16-19,21H2,1-2H3,(H,31,34)/b15-9+. The minimum atomic E-state index is -0.191. The number of hydrogen-bond donors (Lipinski definition) is 1. The number of nitrogens with zero attached hydrogens (tertiary/aromatic N) is 2. The molecule has 1 N–H and O–H groups in total. The summed E-state index contributed by atoms with van der Waals surface area (Å²) < 4.78 is 10.9. The van der Waals surface area contributed by atoms with Crippen molar-refractivity contribution in [3.63, 3.8) is 0 Å². The molecule has 36 heavy (non-hydrogen) atoms. The van der Waals surface area contributed by atoms with E-state index in [0.29, 0.717) is 18.1 Å². The number of benzene rings is 3. The Labute approximate surface area is 218 Å². The predicted molar refractivity (Wildman–Crippen MR) is 147 cm³/mol. The van der Waals surface area contributed by atoms with Crippen molar-refractivity contribution in [3.05, 3.63) is 89.0 Å². The van der Waals surface area contributed by atoms with Crippen LogP contribution >= 0.6 is 11.6 Å². The van der Waals surface area contributed by atoms with Gasteiger partial charge in [-0.05, 0) is 66.6 Å². The summed E-state index contributed by atoms with van der Waals surface area (Å²) in [6.07, 6.45) is 3.27. The predicted octanol–water partition coefficient (Wildman–Crippen LogP) is 5.72. The van der Waals surface area contributed by atoms with Gasteiger partial charge in [-0.25, -0.2) is 0 Å². The number of amides is 1. The molecule has 1 saturated heterocycles. The summed E-state index contributed by atoms with van der Waals surface area (Å²) in [4.78, 5) is 17.2. The molecular weight excluding hydrogens is 474 g/mol. The third-order valence-corrected chi connectivity index (χ3v) is 6.51. The van der Waals surface area contributed by atoms with Crippen molar-refractivity contribution < 1.29 is 14.3 Å². The number of methoxy groups -OCH3 is 1. The van der Waals surface area contributed by atoms with Gasteiger partial charge < -0.3 is 19.7 Å². The second kappa shape index (κ2) is 12.5. The number of carbonyl (C=O) groups is 1. The van der Waals surface area contributed by atoms with Crippen LogP contribution in [0.1, 0.15) is 18.1 Å². The van der Waals surface area contributed by atoms with Gasteiger partial charge in [-0.15, -0.1) is 0 Å². The molecule has 0 aromatic heterocycles. The monoisotopic (exact) mass is 505 g/mol. The number of nitrogens with one attached hydrogen (secondary N) is 1. The lowest BCUT2D eigenvalue weighted by Gasteiger charge is -2.36. The molecule has 1 heterocycles. The highest BCUT2D eigenvalue weighted by Gasteiger charge is 2.18. The lowest BCUT2D eigenvalue weighted by Crippen LogP contribution is -2.46. The van der Waals surface area contributed by atoms with E-state index in [0.717, 1.165) is 54.7 Å². The molecule has 1 amide bonds. The van der Waals surface area contributed by atoms with E-state index in [1.54, 1.807) is 13.2 Å². The Balaban J connectivity index is 1.27. The maximum Gasteiger partial charge on any atom is 0.248 e. The van der Waals surface area contributed by atoms with Crippen LogP contribution in [0.4, 0.5) is 11.4 Å². The van der Waals surface area contributed by atoms with Crippen molar-refractivity contribution in [3.8, 4) is 11.5 Å². The number of ether oxygens (including phenoxy) is 2. The fraction of sp³-hybridized carbons (Fsp3) is 0.276. The zero-order chi connectivity index (χ0) is 25.3. The summed E-state index contributed by atoms with van der Waals surface area (Å²) in [5.74, 6) is 1.13. The molecule has 0 spiro atoms. The third kappa shape index (κ3) is 6.80. The molecule has 0 aliphatic carbocycles. The summed E-state index contributed by atoms with van der Waals surface area (Å²) in [5, 5.41) is 3.75. The Morgan fingerprint density at radius 3 is 2.44 bits per heavy atom. The first-order valence-corrected chi connectivity index (χ1v) is 12.5. The van der Waals surface area contributed by atoms with Crippen LogP contribution in [0.2, 0.25) is 5.02 Å². The van der Waals surface area contributed by atoms with Crippen molar-refractivity contribution in [1.82, 2.24) is 4.90 Å². The molecule has 3 aromatic rings. The molecule has 1 aliphatic heterocycles. The molecule has 1 fully saturated rings. The molecule has 0 radical (unpaired) electrons. The molecule has 0 saturated carbocycles. The molecule has 188 valence electrons. The van der Waals surface area contributed by atoms with Crippen LogP contribution in [0, 0.1) is 0 Å². The quantitative estimate of drug-likeness (QED) is 0.377. The summed E-state index contributed by atoms with van der Waals surface area (Å²) in [6.45, 7) is 7.21. The summed E-state index contributed by atoms with van der Waals surface area (Å²) >= 11 is 6.32. The first kappa shape index (κ1) is 25.6. The van der Waals surface area contributed by atoms with Crippen LogP contribution < -0.4 is 19.7 Å². The van der Waals surface area contributed by atoms with Gasteiger partial charge in [-0.1, -0.05) is 35.9 Å². The molecule has 7 heteroatoms. The Kier molecular flexibility index (Phi) is 8.87. The zero-order valence-corrected chi connectivity index (χ0v) is 21.5. The first-order chi connectivity index (χ1) is 17.6. The molecule has 0 atom stereocenters. The van der Waals surface area contributed by atoms with E-state index in [1.807, 2.05) is 55.5 Å². The third-order valence-electron chi connectivity index (χ3n) is 6.14. The van der Waals surface area contributed by atoms with Crippen LogP contribution in [-0.2, 0) is 11.3 Å². The molecule has 1 aliphatic rings. The molecule has 0 unspecified atom stereocenters. The molecule has 3 aromatic carbocycles. The summed E-state index contributed by atoms with van der Waals surface area (Å²) in [7, 11) is 1.60. The Morgan fingerprint density at radius 1 is 1.00 bits per heavy atom. The zero-order valence-electron chi connectivity index (χ0n) is 20.7. The lowest BCUT2D eigenvalue weighted by atomic mass is 10.1. The number of hydrogen-bond acceptors (Lipinski definition) is 5. The number of anilines is 2. The van der Waals surface area contributed by atoms with E-state index in [9.17, 15) is 4.79 Å². The van der Waals surface area contributed by atoms with E-state index in [-0.39, 0.29) is 5.91 Å². The Hall–Kier alpha value is -3.48. The molecule has 0 bridgehead atoms. The second-order valence-electron chi connectivity index (χ2n) is 8.57. The van der Waals surface area contributed by atoms with Crippen LogP contribution in [0.3, 0.4) is 0 Å². The van der Waals surface area contributed by atoms with Crippen LogP contribution in [0.15, 0.2) is 72.8 Å². The van der Waals surface area contributed by atoms with Crippen molar-refractivity contribution in [1.29, 1.82) is 0 Å². The van der Waals surface area contributed by atoms with Crippen LogP contribution in [0.25, 0.3) is 6.08 Å². The van der Waals surface area contributed by atoms with E-state index >= 15 is 0 Å². The van der Waals surface area contributed by atoms with Gasteiger partial charge in [0, 0.05) is 55.2 Å². The SMILES string of the molecule is CCOc1ccc(/C=C/C(=O)Nc2ccc(N3CCN(Cc4ccccc4Cl)CC3)cc2)cc1OC. The summed E-state index contributed by atoms with van der Waals surface area (Å²) in [6, 6.07) is 21.6. The maximum atomic E-state index is 12.4. The average Bonchev–Trinajstić information content (AvgIpc) is 2.90. The number of piperazine rings is 1. The van der Waals surface area contributed by atoms with Gasteiger partial charge in [-0.3, -0.25) is 9.69 Å². The van der Waals surface area contributed by atoms with Crippen molar-refractivity contribution in [2.45, 2.75) is 13.5 Å². The van der Waals surface area contributed by atoms with Gasteiger partial charge in [0.2, 0.25) is 5.91 Å². The van der Waals surface area contributed by atoms with E-state index in [1.165, 1.54) is 11.6 Å². The van der Waals surface area contributed by atoms with Gasteiger partial charge in [0.15, 0.2) is 11.5 Å². The minimum Gasteiger partial charge on any atom is -0.493 e. The molecule has 6 nitrogen and oxygen atoms in total. The largest absolute Gasteiger partial charge is 0.493 e. The fourth-order valence-corrected chi connectivity index (χ4v) is 4.40. The maximum absolute atomic E-state index is 12.4. The van der Waals surface area contributed by atoms with E-state index in [4.69, 9.17) is 21.1 Å². The van der Waals surface area contributed by atoms with Gasteiger partial charge >= 0.3 is 0 Å². The number of halogens is 1. The van der Waals surface area contributed by atoms with Gasteiger partial charge in [-0.2, -0.15) is 0 Å². The van der Waals surface area contributed by atoms with Crippen LogP contribution in [-0.4, -0.2) is 50.7 Å². The summed E-state index contributed by atoms with van der Waals surface area (Å²) in [5.41, 5.74) is 3.94. The highest BCUT2D eigenvalue weighted by molar-refractivity contribution is 6.31. The van der Waals surface area contributed by atoms with Crippen molar-refractivity contribution in [2.24, 2.45) is 0 Å².